The third-order valence-corrected chi connectivity index (χ3v) is 27.4. The highest BCUT2D eigenvalue weighted by molar-refractivity contribution is 6.75. The maximum atomic E-state index is 6.49. The first-order chi connectivity index (χ1) is 32.2. The van der Waals surface area contributed by atoms with Gasteiger partial charge in [0.05, 0.1) is 20.0 Å². The van der Waals surface area contributed by atoms with Gasteiger partial charge in [-0.1, -0.05) is 62.3 Å². The Morgan fingerprint density at radius 3 is 0.609 bits per heavy atom. The van der Waals surface area contributed by atoms with E-state index in [4.69, 9.17) is 27.5 Å². The van der Waals surface area contributed by atoms with Gasteiger partial charge < -0.3 is 42.2 Å². The normalized spacial score (nSPS) is 14.0. The molecule has 0 amide bonds. The third kappa shape index (κ3) is 12.9. The molecule has 0 saturated carbocycles. The molecule has 0 N–H and O–H groups in total. The lowest BCUT2D eigenvalue weighted by Gasteiger charge is -2.45. The van der Waals surface area contributed by atoms with Gasteiger partial charge in [0.2, 0.25) is 25.0 Å². The fourth-order valence-corrected chi connectivity index (χ4v) is 9.99. The fourth-order valence-electron chi connectivity index (χ4n) is 6.90. The molecule has 0 atom stereocenters. The SMILES string of the molecule is CC(C)(C)[Si](C)(C)Oc1ccc(Oc2ccc(N3CN(c4ccc(Oc5ccc(O[Si](C)(C)C(C)(C)C)cc5)cc4)CN(c4ccc(Oc5ccc(O[Si](C)(C)C(C)(C)C)cc5)cc4)C3)cc2)cc1. The van der Waals surface area contributed by atoms with Crippen LogP contribution < -0.4 is 42.2 Å². The van der Waals surface area contributed by atoms with Gasteiger partial charge in [0.25, 0.3) is 0 Å². The molecule has 9 nitrogen and oxygen atoms in total. The zero-order valence-corrected chi connectivity index (χ0v) is 46.8. The molecule has 0 aromatic heterocycles. The molecule has 1 saturated heterocycles. The second-order valence-electron chi connectivity index (χ2n) is 22.8. The molecule has 1 heterocycles. The summed E-state index contributed by atoms with van der Waals surface area (Å²) in [6.07, 6.45) is 0. The van der Waals surface area contributed by atoms with Crippen LogP contribution >= 0.6 is 0 Å². The van der Waals surface area contributed by atoms with Crippen LogP contribution in [0.1, 0.15) is 62.3 Å². The maximum Gasteiger partial charge on any atom is 0.250 e. The predicted molar refractivity (Wildman–Crippen MR) is 294 cm³/mol. The van der Waals surface area contributed by atoms with E-state index in [-0.39, 0.29) is 15.1 Å². The number of nitrogens with zero attached hydrogens (tertiary/aromatic N) is 3. The monoisotopic (exact) mass is 981 g/mol. The Hall–Kier alpha value is -5.83. The van der Waals surface area contributed by atoms with Crippen LogP contribution in [0.3, 0.4) is 0 Å². The number of hydrogen-bond donors (Lipinski definition) is 0. The van der Waals surface area contributed by atoms with Gasteiger partial charge in [-0.05, 0) is 200 Å². The lowest BCUT2D eigenvalue weighted by Crippen LogP contribution is -2.55. The van der Waals surface area contributed by atoms with E-state index in [0.717, 1.165) is 68.8 Å². The predicted octanol–water partition coefficient (Wildman–Crippen LogP) is 16.9. The van der Waals surface area contributed by atoms with Crippen molar-refractivity contribution in [1.29, 1.82) is 0 Å². The summed E-state index contributed by atoms with van der Waals surface area (Å²) in [5.41, 5.74) is 3.24. The smallest absolute Gasteiger partial charge is 0.250 e. The molecule has 0 radical (unpaired) electrons. The summed E-state index contributed by atoms with van der Waals surface area (Å²) in [5.74, 6) is 7.23. The van der Waals surface area contributed by atoms with Crippen LogP contribution in [0.4, 0.5) is 17.1 Å². The minimum atomic E-state index is -1.94. The van der Waals surface area contributed by atoms with Crippen LogP contribution in [0.2, 0.25) is 54.4 Å². The second-order valence-corrected chi connectivity index (χ2v) is 37.0. The second kappa shape index (κ2) is 19.9. The zero-order valence-electron chi connectivity index (χ0n) is 43.8. The molecule has 6 aromatic carbocycles. The molecule has 1 fully saturated rings. The van der Waals surface area contributed by atoms with Crippen molar-refractivity contribution in [2.24, 2.45) is 0 Å². The molecular weight excluding hydrogens is 907 g/mol. The Balaban J connectivity index is 1.06. The molecule has 0 aliphatic carbocycles. The molecule has 0 unspecified atom stereocenters. The first kappa shape index (κ1) is 51.0. The summed E-state index contributed by atoms with van der Waals surface area (Å²) >= 11 is 0. The van der Waals surface area contributed by atoms with Gasteiger partial charge in [0.15, 0.2) is 0 Å². The summed E-state index contributed by atoms with van der Waals surface area (Å²) in [6.45, 7) is 35.9. The number of rotatable bonds is 15. The summed E-state index contributed by atoms with van der Waals surface area (Å²) < 4.78 is 38.4. The average Bonchev–Trinajstić information content (AvgIpc) is 3.27. The number of hydrogen-bond acceptors (Lipinski definition) is 9. The van der Waals surface area contributed by atoms with E-state index in [2.05, 4.69) is 153 Å². The Morgan fingerprint density at radius 1 is 0.275 bits per heavy atom. The van der Waals surface area contributed by atoms with Gasteiger partial charge in [0.1, 0.15) is 51.7 Å². The molecule has 0 spiro atoms. The molecule has 12 heteroatoms. The number of benzene rings is 6. The van der Waals surface area contributed by atoms with Crippen molar-refractivity contribution < 1.29 is 27.5 Å². The van der Waals surface area contributed by atoms with Crippen molar-refractivity contribution in [3.63, 3.8) is 0 Å². The molecule has 7 rings (SSSR count). The van der Waals surface area contributed by atoms with Gasteiger partial charge in [0, 0.05) is 17.1 Å². The molecular formula is C57H75N3O6Si3. The van der Waals surface area contributed by atoms with E-state index in [1.807, 2.05) is 109 Å². The topological polar surface area (TPSA) is 65.1 Å². The van der Waals surface area contributed by atoms with Crippen molar-refractivity contribution in [2.45, 2.75) is 117 Å². The molecule has 366 valence electrons. The van der Waals surface area contributed by atoms with E-state index in [1.54, 1.807) is 0 Å². The lowest BCUT2D eigenvalue weighted by atomic mass is 10.2. The highest BCUT2D eigenvalue weighted by Gasteiger charge is 2.41. The van der Waals surface area contributed by atoms with Crippen LogP contribution in [-0.4, -0.2) is 45.0 Å². The van der Waals surface area contributed by atoms with Crippen LogP contribution in [0.15, 0.2) is 146 Å². The molecule has 0 bridgehead atoms. The van der Waals surface area contributed by atoms with E-state index < -0.39 is 25.0 Å². The van der Waals surface area contributed by atoms with E-state index in [1.165, 1.54) is 0 Å². The van der Waals surface area contributed by atoms with Crippen LogP contribution in [-0.2, 0) is 0 Å². The summed E-state index contributed by atoms with van der Waals surface area (Å²) in [7, 11) is -5.82. The average molecular weight is 982 g/mol. The molecule has 69 heavy (non-hydrogen) atoms. The van der Waals surface area contributed by atoms with Crippen molar-refractivity contribution in [3.05, 3.63) is 146 Å². The number of anilines is 3. The minimum Gasteiger partial charge on any atom is -0.543 e. The van der Waals surface area contributed by atoms with Crippen molar-refractivity contribution in [1.82, 2.24) is 0 Å². The van der Waals surface area contributed by atoms with E-state index in [9.17, 15) is 0 Å². The van der Waals surface area contributed by atoms with Gasteiger partial charge >= 0.3 is 0 Å². The lowest BCUT2D eigenvalue weighted by molar-refractivity contribution is 0.474. The molecule has 6 aromatic rings. The van der Waals surface area contributed by atoms with Gasteiger partial charge in [-0.15, -0.1) is 0 Å². The summed E-state index contributed by atoms with van der Waals surface area (Å²) in [4.78, 5) is 7.11. The van der Waals surface area contributed by atoms with E-state index in [0.29, 0.717) is 20.0 Å². The standard InChI is InChI=1S/C57H75N3O6Si3/c1-55(2,3)67(10,11)64-52-34-28-49(29-35-52)61-46-22-16-43(17-23-46)58-40-59(44-18-24-47(25-19-44)62-50-30-36-53(37-31-50)65-68(12,13)56(4,5)6)42-60(41-58)45-20-26-48(27-21-45)63-51-32-38-54(39-33-51)66-69(14,15)57(7,8)9/h16-39H,40-42H2,1-15H3. The van der Waals surface area contributed by atoms with Crippen molar-refractivity contribution in [3.8, 4) is 51.7 Å². The van der Waals surface area contributed by atoms with E-state index >= 15 is 0 Å². The van der Waals surface area contributed by atoms with Crippen LogP contribution in [0.25, 0.3) is 0 Å². The number of ether oxygens (including phenoxy) is 3. The van der Waals surface area contributed by atoms with Gasteiger partial charge in [-0.2, -0.15) is 0 Å². The van der Waals surface area contributed by atoms with Gasteiger partial charge in [-0.3, -0.25) is 0 Å². The van der Waals surface area contributed by atoms with Crippen molar-refractivity contribution >= 4 is 42.0 Å². The third-order valence-electron chi connectivity index (χ3n) is 14.3. The zero-order chi connectivity index (χ0) is 50.0. The largest absolute Gasteiger partial charge is 0.543 e. The Labute approximate surface area is 416 Å². The highest BCUT2D eigenvalue weighted by Crippen LogP contribution is 2.41. The summed E-state index contributed by atoms with van der Waals surface area (Å²) in [5, 5.41) is 0.364. The highest BCUT2D eigenvalue weighted by atomic mass is 28.4. The van der Waals surface area contributed by atoms with Crippen LogP contribution in [0.5, 0.6) is 51.7 Å². The quantitative estimate of drug-likeness (QED) is 0.0936. The Morgan fingerprint density at radius 2 is 0.435 bits per heavy atom. The molecule has 1 aliphatic heterocycles. The Bertz CT molecular complexity index is 2300. The Kier molecular flexibility index (Phi) is 14.7. The van der Waals surface area contributed by atoms with Crippen molar-refractivity contribution in [2.75, 3.05) is 34.7 Å². The van der Waals surface area contributed by atoms with Gasteiger partial charge in [-0.25, -0.2) is 0 Å². The van der Waals surface area contributed by atoms with Crippen LogP contribution in [0, 0.1) is 0 Å². The molecule has 1 aliphatic rings. The first-order valence-electron chi connectivity index (χ1n) is 24.2. The summed E-state index contributed by atoms with van der Waals surface area (Å²) in [6, 6.07) is 48.9. The first-order valence-corrected chi connectivity index (χ1v) is 32.9. The minimum absolute atomic E-state index is 0.121. The maximum absolute atomic E-state index is 6.49. The fraction of sp³-hybridized carbons (Fsp3) is 0.368.